The van der Waals surface area contributed by atoms with Gasteiger partial charge in [-0.2, -0.15) is 0 Å². The average molecular weight is 376 g/mol. The molecule has 1 aromatic rings. The van der Waals surface area contributed by atoms with Crippen LogP contribution >= 0.6 is 24.0 Å². The molecule has 0 aliphatic carbocycles. The molecule has 3 N–H and O–H groups in total. The predicted octanol–water partition coefficient (Wildman–Crippen LogP) is 2.59. The number of thioether (sulfide) groups is 1. The Morgan fingerprint density at radius 2 is 2.32 bits per heavy atom. The Hall–Kier alpha value is -1.93. The van der Waals surface area contributed by atoms with E-state index in [2.05, 4.69) is 39.4 Å². The maximum Gasteiger partial charge on any atom is 0.226 e. The first-order valence-corrected chi connectivity index (χ1v) is 9.41. The summed E-state index contributed by atoms with van der Waals surface area (Å²) < 4.78 is 5.05. The Morgan fingerprint density at radius 1 is 1.48 bits per heavy atom. The van der Waals surface area contributed by atoms with Gasteiger partial charge in [-0.25, -0.2) is 4.99 Å². The number of ether oxygens (including phenoxy) is 1. The molecule has 8 heteroatoms. The highest BCUT2D eigenvalue weighted by atomic mass is 32.2. The monoisotopic (exact) mass is 375 g/mol. The zero-order chi connectivity index (χ0) is 17.9. The minimum atomic E-state index is -0.296. The van der Waals surface area contributed by atoms with Gasteiger partial charge in [0, 0.05) is 11.4 Å². The number of nitrogens with two attached hydrogens (primary N) is 1. The molecule has 6 nitrogen and oxygen atoms in total. The Morgan fingerprint density at radius 3 is 3.00 bits per heavy atom. The first-order valence-electron chi connectivity index (χ1n) is 8.01. The molecule has 1 aromatic carbocycles. The highest BCUT2D eigenvalue weighted by Crippen LogP contribution is 2.35. The number of aliphatic imine (C=N–C) groups is 3. The molecule has 132 valence electrons. The molecule has 0 saturated heterocycles. The molecule has 0 amide bonds. The van der Waals surface area contributed by atoms with Gasteiger partial charge in [-0.05, 0) is 31.0 Å². The second-order valence-corrected chi connectivity index (χ2v) is 7.62. The third-order valence-electron chi connectivity index (χ3n) is 4.24. The van der Waals surface area contributed by atoms with Gasteiger partial charge >= 0.3 is 0 Å². The third-order valence-corrected chi connectivity index (χ3v) is 5.41. The minimum Gasteiger partial charge on any atom is -0.480 e. The van der Waals surface area contributed by atoms with Crippen LogP contribution in [0.25, 0.3) is 0 Å². The van der Waals surface area contributed by atoms with E-state index in [1.807, 2.05) is 12.1 Å². The molecule has 0 saturated carbocycles. The van der Waals surface area contributed by atoms with E-state index in [4.69, 9.17) is 22.7 Å². The predicted molar refractivity (Wildman–Crippen MR) is 110 cm³/mol. The van der Waals surface area contributed by atoms with E-state index in [1.165, 1.54) is 0 Å². The number of rotatable bonds is 3. The minimum absolute atomic E-state index is 0.173. The van der Waals surface area contributed by atoms with Gasteiger partial charge < -0.3 is 15.8 Å². The normalized spacial score (nSPS) is 25.8. The Balaban J connectivity index is 1.72. The zero-order valence-electron chi connectivity index (χ0n) is 14.2. The number of hydrogen-bond acceptors (Lipinski definition) is 7. The lowest BCUT2D eigenvalue weighted by molar-refractivity contribution is 0.408. The standard InChI is InChI=1S/C17H21N5OS2/c1-17(6-7-25-16(18)22-17)11-4-3-5-12(8-11)21-15(24)13-9-20-14(23-2)10-19-13/h3-5,8,10,13H,6-7,9H2,1-2H3,(H2,18,22)(H,21,24). The van der Waals surface area contributed by atoms with Gasteiger partial charge in [-0.1, -0.05) is 36.1 Å². The van der Waals surface area contributed by atoms with Gasteiger partial charge in [-0.15, -0.1) is 0 Å². The quantitative estimate of drug-likeness (QED) is 0.793. The summed E-state index contributed by atoms with van der Waals surface area (Å²) >= 11 is 7.09. The number of benzene rings is 1. The van der Waals surface area contributed by atoms with Gasteiger partial charge in [0.05, 0.1) is 25.4 Å². The van der Waals surface area contributed by atoms with Crippen LogP contribution in [0, 0.1) is 0 Å². The number of amidine groups is 1. The molecule has 0 aromatic heterocycles. The maximum atomic E-state index is 5.92. The second kappa shape index (κ2) is 7.53. The summed E-state index contributed by atoms with van der Waals surface area (Å²) in [5.41, 5.74) is 7.67. The van der Waals surface area contributed by atoms with E-state index in [0.717, 1.165) is 23.4 Å². The lowest BCUT2D eigenvalue weighted by Gasteiger charge is -2.30. The summed E-state index contributed by atoms with van der Waals surface area (Å²) in [6.07, 6.45) is 2.56. The molecule has 0 fully saturated rings. The fourth-order valence-electron chi connectivity index (χ4n) is 2.74. The molecule has 0 radical (unpaired) electrons. The van der Waals surface area contributed by atoms with Crippen molar-refractivity contribution in [2.24, 2.45) is 20.7 Å². The van der Waals surface area contributed by atoms with Crippen molar-refractivity contribution in [1.29, 1.82) is 0 Å². The molecule has 3 rings (SSSR count). The second-order valence-electron chi connectivity index (χ2n) is 6.07. The fourth-order valence-corrected chi connectivity index (χ4v) is 3.97. The van der Waals surface area contributed by atoms with E-state index in [1.54, 1.807) is 25.1 Å². The number of thiocarbonyl (C=S) groups is 1. The highest BCUT2D eigenvalue weighted by molar-refractivity contribution is 8.13. The lowest BCUT2D eigenvalue weighted by atomic mass is 9.89. The van der Waals surface area contributed by atoms with Crippen molar-refractivity contribution in [3.8, 4) is 0 Å². The SMILES string of the molecule is COC1=NCC(C(=S)Nc2cccc(C3(C)CCSC(N)=N3)c2)N=C1. The van der Waals surface area contributed by atoms with Crippen molar-refractivity contribution in [3.63, 3.8) is 0 Å². The van der Waals surface area contributed by atoms with Crippen LogP contribution in [0.4, 0.5) is 5.69 Å². The number of nitrogens with one attached hydrogen (secondary N) is 1. The smallest absolute Gasteiger partial charge is 0.226 e. The largest absolute Gasteiger partial charge is 0.480 e. The van der Waals surface area contributed by atoms with E-state index in [0.29, 0.717) is 22.6 Å². The first kappa shape index (κ1) is 17.9. The van der Waals surface area contributed by atoms with Gasteiger partial charge in [-0.3, -0.25) is 9.98 Å². The summed E-state index contributed by atoms with van der Waals surface area (Å²) in [7, 11) is 1.58. The van der Waals surface area contributed by atoms with E-state index in [-0.39, 0.29) is 11.6 Å². The average Bonchev–Trinajstić information content (AvgIpc) is 2.62. The number of anilines is 1. The summed E-state index contributed by atoms with van der Waals surface area (Å²) in [4.78, 5) is 14.0. The number of methoxy groups -OCH3 is 1. The first-order chi connectivity index (χ1) is 12.0. The van der Waals surface area contributed by atoms with E-state index < -0.39 is 0 Å². The molecule has 2 atom stereocenters. The van der Waals surface area contributed by atoms with Crippen molar-refractivity contribution in [1.82, 2.24) is 0 Å². The molecule has 0 spiro atoms. The summed E-state index contributed by atoms with van der Waals surface area (Å²) in [5, 5.41) is 3.92. The zero-order valence-corrected chi connectivity index (χ0v) is 15.9. The van der Waals surface area contributed by atoms with Crippen LogP contribution in [-0.2, 0) is 10.3 Å². The van der Waals surface area contributed by atoms with Crippen LogP contribution in [0.2, 0.25) is 0 Å². The number of nitrogens with zero attached hydrogens (tertiary/aromatic N) is 3. The van der Waals surface area contributed by atoms with Gasteiger partial charge in [0.1, 0.15) is 11.0 Å². The molecule has 2 aliphatic rings. The van der Waals surface area contributed by atoms with Crippen molar-refractivity contribution in [3.05, 3.63) is 29.8 Å². The number of hydrogen-bond donors (Lipinski definition) is 2. The van der Waals surface area contributed by atoms with E-state index in [9.17, 15) is 0 Å². The molecular weight excluding hydrogens is 354 g/mol. The van der Waals surface area contributed by atoms with Crippen molar-refractivity contribution in [2.75, 3.05) is 24.7 Å². The van der Waals surface area contributed by atoms with Crippen molar-refractivity contribution < 1.29 is 4.74 Å². The molecule has 0 bridgehead atoms. The Kier molecular flexibility index (Phi) is 5.39. The van der Waals surface area contributed by atoms with Gasteiger partial charge in [0.2, 0.25) is 5.90 Å². The summed E-state index contributed by atoms with van der Waals surface area (Å²) in [6, 6.07) is 7.97. The Labute approximate surface area is 157 Å². The van der Waals surface area contributed by atoms with Crippen LogP contribution in [-0.4, -0.2) is 47.7 Å². The fraction of sp³-hybridized carbons (Fsp3) is 0.412. The van der Waals surface area contributed by atoms with Crippen molar-refractivity contribution in [2.45, 2.75) is 24.9 Å². The summed E-state index contributed by atoms with van der Waals surface area (Å²) in [6.45, 7) is 2.60. The summed E-state index contributed by atoms with van der Waals surface area (Å²) in [5.74, 6) is 1.50. The van der Waals surface area contributed by atoms with Crippen molar-refractivity contribution >= 4 is 51.9 Å². The molecule has 25 heavy (non-hydrogen) atoms. The topological polar surface area (TPSA) is 84.4 Å². The van der Waals surface area contributed by atoms with Crippen LogP contribution < -0.4 is 11.1 Å². The van der Waals surface area contributed by atoms with Gasteiger partial charge in [0.15, 0.2) is 5.17 Å². The molecule has 2 heterocycles. The van der Waals surface area contributed by atoms with Crippen LogP contribution in [0.15, 0.2) is 39.2 Å². The lowest BCUT2D eigenvalue weighted by Crippen LogP contribution is -2.31. The molecule has 2 aliphatic heterocycles. The van der Waals surface area contributed by atoms with E-state index >= 15 is 0 Å². The van der Waals surface area contributed by atoms with Crippen LogP contribution in [0.5, 0.6) is 0 Å². The molecule has 2 unspecified atom stereocenters. The highest BCUT2D eigenvalue weighted by Gasteiger charge is 2.29. The van der Waals surface area contributed by atoms with Gasteiger partial charge in [0.25, 0.3) is 0 Å². The third kappa shape index (κ3) is 4.19. The van der Waals surface area contributed by atoms with Crippen LogP contribution in [0.3, 0.4) is 0 Å². The van der Waals surface area contributed by atoms with Crippen LogP contribution in [0.1, 0.15) is 18.9 Å². The maximum absolute atomic E-state index is 5.92. The Bertz CT molecular complexity index is 761. The molecular formula is C17H21N5OS2.